The quantitative estimate of drug-likeness (QED) is 0.776. The Morgan fingerprint density at radius 1 is 1.24 bits per heavy atom. The fourth-order valence-corrected chi connectivity index (χ4v) is 2.77. The molecule has 0 bridgehead atoms. The summed E-state index contributed by atoms with van der Waals surface area (Å²) >= 11 is 0. The number of hydrogen-bond donors (Lipinski definition) is 2. The van der Waals surface area contributed by atoms with E-state index in [1.165, 1.54) is 19.3 Å². The molecule has 0 aromatic rings. The molecule has 0 aromatic carbocycles. The van der Waals surface area contributed by atoms with Crippen molar-refractivity contribution < 1.29 is 4.79 Å². The first kappa shape index (κ1) is 14.5. The van der Waals surface area contributed by atoms with E-state index in [2.05, 4.69) is 12.2 Å². The number of amides is 1. The van der Waals surface area contributed by atoms with Crippen molar-refractivity contribution in [1.82, 2.24) is 5.32 Å². The van der Waals surface area contributed by atoms with E-state index < -0.39 is 5.54 Å². The lowest BCUT2D eigenvalue weighted by molar-refractivity contribution is -0.128. The lowest BCUT2D eigenvalue weighted by Crippen LogP contribution is -2.57. The molecule has 1 amide bonds. The van der Waals surface area contributed by atoms with Gasteiger partial charge in [-0.1, -0.05) is 40.0 Å². The highest BCUT2D eigenvalue weighted by Gasteiger charge is 2.33. The van der Waals surface area contributed by atoms with Gasteiger partial charge in [-0.15, -0.1) is 0 Å². The van der Waals surface area contributed by atoms with Gasteiger partial charge in [-0.25, -0.2) is 0 Å². The summed E-state index contributed by atoms with van der Waals surface area (Å²) in [5, 5.41) is 3.20. The summed E-state index contributed by atoms with van der Waals surface area (Å²) in [4.78, 5) is 12.2. The van der Waals surface area contributed by atoms with Crippen LogP contribution in [0, 0.1) is 5.92 Å². The highest BCUT2D eigenvalue weighted by molar-refractivity contribution is 5.86. The summed E-state index contributed by atoms with van der Waals surface area (Å²) in [6, 6.07) is 0.349. The van der Waals surface area contributed by atoms with E-state index in [9.17, 15) is 4.79 Å². The van der Waals surface area contributed by atoms with Crippen molar-refractivity contribution in [2.24, 2.45) is 11.7 Å². The first-order chi connectivity index (χ1) is 8.07. The molecule has 0 spiro atoms. The van der Waals surface area contributed by atoms with Gasteiger partial charge in [0.2, 0.25) is 5.91 Å². The van der Waals surface area contributed by atoms with Crippen molar-refractivity contribution in [1.29, 1.82) is 0 Å². The third-order valence-electron chi connectivity index (χ3n) is 4.46. The average Bonchev–Trinajstić information content (AvgIpc) is 2.38. The molecule has 0 radical (unpaired) electrons. The molecule has 0 aromatic heterocycles. The summed E-state index contributed by atoms with van der Waals surface area (Å²) in [7, 11) is 0. The second kappa shape index (κ2) is 6.39. The third-order valence-corrected chi connectivity index (χ3v) is 4.46. The van der Waals surface area contributed by atoms with Gasteiger partial charge < -0.3 is 11.1 Å². The second-order valence-corrected chi connectivity index (χ2v) is 5.40. The molecule has 3 heteroatoms. The lowest BCUT2D eigenvalue weighted by Gasteiger charge is -2.35. The summed E-state index contributed by atoms with van der Waals surface area (Å²) in [6.45, 7) is 6.19. The molecule has 3 N–H and O–H groups in total. The molecule has 0 heterocycles. The van der Waals surface area contributed by atoms with E-state index in [4.69, 9.17) is 5.73 Å². The molecule has 17 heavy (non-hydrogen) atoms. The molecule has 2 atom stereocenters. The van der Waals surface area contributed by atoms with Gasteiger partial charge in [0.05, 0.1) is 5.54 Å². The minimum Gasteiger partial charge on any atom is -0.351 e. The summed E-state index contributed by atoms with van der Waals surface area (Å²) in [5.74, 6) is 0.693. The number of carbonyl (C=O) groups excluding carboxylic acids is 1. The normalized spacial score (nSPS) is 25.6. The Hall–Kier alpha value is -0.570. The Balaban J connectivity index is 2.60. The monoisotopic (exact) mass is 240 g/mol. The van der Waals surface area contributed by atoms with Crippen molar-refractivity contribution in [2.45, 2.75) is 77.3 Å². The minimum atomic E-state index is -0.671. The number of nitrogens with one attached hydrogen (secondary N) is 1. The van der Waals surface area contributed by atoms with Crippen molar-refractivity contribution in [3.63, 3.8) is 0 Å². The fourth-order valence-electron chi connectivity index (χ4n) is 2.77. The molecule has 1 rings (SSSR count). The Bertz CT molecular complexity index is 249. The van der Waals surface area contributed by atoms with Gasteiger partial charge in [0, 0.05) is 6.04 Å². The van der Waals surface area contributed by atoms with E-state index >= 15 is 0 Å². The minimum absolute atomic E-state index is 0.0489. The van der Waals surface area contributed by atoms with Crippen LogP contribution in [0.3, 0.4) is 0 Å². The van der Waals surface area contributed by atoms with Crippen molar-refractivity contribution in [2.75, 3.05) is 0 Å². The number of carbonyl (C=O) groups is 1. The number of rotatable bonds is 5. The zero-order valence-electron chi connectivity index (χ0n) is 11.6. The SMILES string of the molecule is CCC1CCCCC1NC(=O)C(N)(CC)CC. The largest absolute Gasteiger partial charge is 0.351 e. The van der Waals surface area contributed by atoms with Crippen LogP contribution < -0.4 is 11.1 Å². The maximum Gasteiger partial charge on any atom is 0.240 e. The molecule has 2 unspecified atom stereocenters. The molecule has 100 valence electrons. The first-order valence-corrected chi connectivity index (χ1v) is 7.17. The second-order valence-electron chi connectivity index (χ2n) is 5.40. The van der Waals surface area contributed by atoms with Crippen LogP contribution in [0.1, 0.15) is 65.7 Å². The van der Waals surface area contributed by atoms with E-state index in [0.717, 1.165) is 12.8 Å². The zero-order chi connectivity index (χ0) is 12.9. The van der Waals surface area contributed by atoms with Gasteiger partial charge in [-0.3, -0.25) is 4.79 Å². The van der Waals surface area contributed by atoms with Gasteiger partial charge in [0.15, 0.2) is 0 Å². The van der Waals surface area contributed by atoms with Crippen molar-refractivity contribution in [3.8, 4) is 0 Å². The molecule has 1 fully saturated rings. The van der Waals surface area contributed by atoms with Crippen molar-refractivity contribution in [3.05, 3.63) is 0 Å². The van der Waals surface area contributed by atoms with Crippen molar-refractivity contribution >= 4 is 5.91 Å². The van der Waals surface area contributed by atoms with Crippen LogP contribution in [-0.4, -0.2) is 17.5 Å². The van der Waals surface area contributed by atoms with Gasteiger partial charge in [-0.05, 0) is 31.6 Å². The predicted octanol–water partition coefficient (Wildman–Crippen LogP) is 2.59. The van der Waals surface area contributed by atoms with E-state index in [1.807, 2.05) is 13.8 Å². The summed E-state index contributed by atoms with van der Waals surface area (Å²) in [5.41, 5.74) is 5.46. The standard InChI is InChI=1S/C14H28N2O/c1-4-11-9-7-8-10-12(11)16-13(17)14(15,5-2)6-3/h11-12H,4-10,15H2,1-3H3,(H,16,17). The molecular weight excluding hydrogens is 212 g/mol. The zero-order valence-corrected chi connectivity index (χ0v) is 11.6. The van der Waals surface area contributed by atoms with Crippen LogP contribution in [0.5, 0.6) is 0 Å². The first-order valence-electron chi connectivity index (χ1n) is 7.17. The van der Waals surface area contributed by atoms with Crippen LogP contribution in [0.25, 0.3) is 0 Å². The van der Waals surface area contributed by atoms with E-state index in [1.54, 1.807) is 0 Å². The highest BCUT2D eigenvalue weighted by Crippen LogP contribution is 2.27. The Morgan fingerprint density at radius 2 is 1.82 bits per heavy atom. The van der Waals surface area contributed by atoms with Gasteiger partial charge >= 0.3 is 0 Å². The molecule has 1 aliphatic rings. The summed E-state index contributed by atoms with van der Waals surface area (Å²) < 4.78 is 0. The number of hydrogen-bond acceptors (Lipinski definition) is 2. The van der Waals surface area contributed by atoms with Gasteiger partial charge in [0.1, 0.15) is 0 Å². The fraction of sp³-hybridized carbons (Fsp3) is 0.929. The molecule has 0 aliphatic heterocycles. The maximum absolute atomic E-state index is 12.2. The third kappa shape index (κ3) is 3.44. The smallest absolute Gasteiger partial charge is 0.240 e. The lowest BCUT2D eigenvalue weighted by atomic mass is 9.82. The predicted molar refractivity (Wildman–Crippen MR) is 71.7 cm³/mol. The summed E-state index contributed by atoms with van der Waals surface area (Å²) in [6.07, 6.45) is 7.47. The van der Waals surface area contributed by atoms with Gasteiger partial charge in [0.25, 0.3) is 0 Å². The molecule has 1 aliphatic carbocycles. The highest BCUT2D eigenvalue weighted by atomic mass is 16.2. The Morgan fingerprint density at radius 3 is 2.35 bits per heavy atom. The molecular formula is C14H28N2O. The Labute approximate surface area is 106 Å². The van der Waals surface area contributed by atoms with Crippen LogP contribution >= 0.6 is 0 Å². The number of nitrogens with two attached hydrogens (primary N) is 1. The van der Waals surface area contributed by atoms with Crippen LogP contribution in [0.4, 0.5) is 0 Å². The van der Waals surface area contributed by atoms with Crippen LogP contribution in [0.15, 0.2) is 0 Å². The van der Waals surface area contributed by atoms with E-state index in [-0.39, 0.29) is 5.91 Å². The average molecular weight is 240 g/mol. The van der Waals surface area contributed by atoms with Gasteiger partial charge in [-0.2, -0.15) is 0 Å². The topological polar surface area (TPSA) is 55.1 Å². The maximum atomic E-state index is 12.2. The molecule has 1 saturated carbocycles. The van der Waals surface area contributed by atoms with Crippen LogP contribution in [-0.2, 0) is 4.79 Å². The Kier molecular flexibility index (Phi) is 5.44. The molecule has 0 saturated heterocycles. The van der Waals surface area contributed by atoms with E-state index in [0.29, 0.717) is 24.8 Å². The van der Waals surface area contributed by atoms with Crippen LogP contribution in [0.2, 0.25) is 0 Å². The molecule has 3 nitrogen and oxygen atoms in total.